The van der Waals surface area contributed by atoms with Gasteiger partial charge in [-0.3, -0.25) is 4.79 Å². The largest absolute Gasteiger partial charge is 0.469 e. The number of aromatic nitrogens is 1. The minimum Gasteiger partial charge on any atom is -0.469 e. The van der Waals surface area contributed by atoms with Crippen molar-refractivity contribution in [3.8, 4) is 11.4 Å². The lowest BCUT2D eigenvalue weighted by Crippen LogP contribution is -2.48. The van der Waals surface area contributed by atoms with Crippen molar-refractivity contribution in [3.63, 3.8) is 0 Å². The number of nitrogens with one attached hydrogen (secondary N) is 1. The Morgan fingerprint density at radius 3 is 2.83 bits per heavy atom. The van der Waals surface area contributed by atoms with Crippen LogP contribution in [0.3, 0.4) is 0 Å². The van der Waals surface area contributed by atoms with Crippen molar-refractivity contribution in [1.82, 2.24) is 9.88 Å². The maximum atomic E-state index is 12.1. The zero-order valence-electron chi connectivity index (χ0n) is 10.3. The second kappa shape index (κ2) is 3.63. The summed E-state index contributed by atoms with van der Waals surface area (Å²) in [5, 5.41) is 2.66. The van der Waals surface area contributed by atoms with E-state index in [4.69, 9.17) is 4.74 Å². The van der Waals surface area contributed by atoms with Gasteiger partial charge in [-0.1, -0.05) is 12.1 Å². The van der Waals surface area contributed by atoms with Gasteiger partial charge in [-0.05, 0) is 31.2 Å². The van der Waals surface area contributed by atoms with Crippen molar-refractivity contribution >= 4 is 5.91 Å². The van der Waals surface area contributed by atoms with Gasteiger partial charge in [0.2, 0.25) is 5.60 Å². The molecule has 18 heavy (non-hydrogen) atoms. The molecule has 1 atom stereocenters. The number of para-hydroxylation sites is 2. The summed E-state index contributed by atoms with van der Waals surface area (Å²) in [5.74, 6) is 0.559. The second-order valence-electron chi connectivity index (χ2n) is 4.45. The first-order chi connectivity index (χ1) is 8.66. The van der Waals surface area contributed by atoms with Crippen molar-refractivity contribution in [1.29, 1.82) is 0 Å². The van der Waals surface area contributed by atoms with E-state index < -0.39 is 5.60 Å². The molecule has 1 amide bonds. The zero-order valence-corrected chi connectivity index (χ0v) is 10.3. The zero-order chi connectivity index (χ0) is 12.8. The Morgan fingerprint density at radius 2 is 2.06 bits per heavy atom. The minimum atomic E-state index is -0.993. The highest BCUT2D eigenvalue weighted by atomic mass is 16.5. The molecule has 92 valence electrons. The predicted molar refractivity (Wildman–Crippen MR) is 67.8 cm³/mol. The number of fused-ring (bicyclic) bond motifs is 3. The fourth-order valence-corrected chi connectivity index (χ4v) is 2.40. The van der Waals surface area contributed by atoms with Gasteiger partial charge in [0.1, 0.15) is 5.75 Å². The summed E-state index contributed by atoms with van der Waals surface area (Å²) in [7, 11) is 1.62. The van der Waals surface area contributed by atoms with Crippen LogP contribution in [-0.4, -0.2) is 17.5 Å². The van der Waals surface area contributed by atoms with E-state index in [1.807, 2.05) is 47.2 Å². The summed E-state index contributed by atoms with van der Waals surface area (Å²) >= 11 is 0. The maximum absolute atomic E-state index is 12.1. The van der Waals surface area contributed by atoms with Crippen LogP contribution in [0.1, 0.15) is 12.6 Å². The van der Waals surface area contributed by atoms with Gasteiger partial charge in [-0.25, -0.2) is 0 Å². The molecule has 1 aliphatic rings. The third-order valence-corrected chi connectivity index (χ3v) is 3.34. The number of hydrogen-bond acceptors (Lipinski definition) is 2. The van der Waals surface area contributed by atoms with Crippen molar-refractivity contribution in [2.75, 3.05) is 7.05 Å². The number of likely N-dealkylation sites (N-methyl/N-ethyl adjacent to an activating group) is 1. The van der Waals surface area contributed by atoms with Gasteiger partial charge < -0.3 is 14.6 Å². The van der Waals surface area contributed by atoms with Crippen LogP contribution in [0.5, 0.6) is 5.75 Å². The number of amides is 1. The van der Waals surface area contributed by atoms with Crippen LogP contribution >= 0.6 is 0 Å². The van der Waals surface area contributed by atoms with Crippen LogP contribution in [0.25, 0.3) is 5.69 Å². The second-order valence-corrected chi connectivity index (χ2v) is 4.45. The Balaban J connectivity index is 2.24. The minimum absolute atomic E-state index is 0.156. The molecule has 4 nitrogen and oxygen atoms in total. The summed E-state index contributed by atoms with van der Waals surface area (Å²) in [5.41, 5.74) is 0.798. The van der Waals surface area contributed by atoms with Gasteiger partial charge >= 0.3 is 0 Å². The molecule has 2 heterocycles. The number of ether oxygens (including phenoxy) is 1. The van der Waals surface area contributed by atoms with Crippen LogP contribution in [0.2, 0.25) is 0 Å². The van der Waals surface area contributed by atoms with Crippen molar-refractivity contribution in [2.45, 2.75) is 12.5 Å². The van der Waals surface area contributed by atoms with E-state index in [0.29, 0.717) is 5.75 Å². The fraction of sp³-hybridized carbons (Fsp3) is 0.214. The number of carbonyl (C=O) groups excluding carboxylic acids is 1. The standard InChI is InChI=1S/C14H14N2O2/c1-14(13(17)15-2)12-8-5-9-16(12)10-6-3-4-7-11(10)18-14/h3-9H,1-2H3,(H,15,17). The number of rotatable bonds is 1. The van der Waals surface area contributed by atoms with Gasteiger partial charge in [-0.15, -0.1) is 0 Å². The molecule has 1 aliphatic heterocycles. The monoisotopic (exact) mass is 242 g/mol. The highest BCUT2D eigenvalue weighted by molar-refractivity contribution is 5.87. The summed E-state index contributed by atoms with van der Waals surface area (Å²) in [4.78, 5) is 12.1. The van der Waals surface area contributed by atoms with Gasteiger partial charge in [0, 0.05) is 13.2 Å². The van der Waals surface area contributed by atoms with Crippen LogP contribution in [-0.2, 0) is 10.4 Å². The lowest BCUT2D eigenvalue weighted by molar-refractivity contribution is -0.136. The molecule has 0 saturated heterocycles. The van der Waals surface area contributed by atoms with E-state index in [-0.39, 0.29) is 5.91 Å². The Kier molecular flexibility index (Phi) is 2.20. The topological polar surface area (TPSA) is 43.3 Å². The average molecular weight is 242 g/mol. The number of hydrogen-bond donors (Lipinski definition) is 1. The Hall–Kier alpha value is -2.23. The normalized spacial score (nSPS) is 20.6. The van der Waals surface area contributed by atoms with E-state index >= 15 is 0 Å². The molecule has 0 saturated carbocycles. The van der Waals surface area contributed by atoms with Crippen molar-refractivity contribution in [2.24, 2.45) is 0 Å². The number of benzene rings is 1. The van der Waals surface area contributed by atoms with Crippen LogP contribution < -0.4 is 10.1 Å². The van der Waals surface area contributed by atoms with Crippen molar-refractivity contribution < 1.29 is 9.53 Å². The number of carbonyl (C=O) groups is 1. The molecule has 0 fully saturated rings. The fourth-order valence-electron chi connectivity index (χ4n) is 2.40. The highest BCUT2D eigenvalue weighted by Gasteiger charge is 2.43. The summed E-state index contributed by atoms with van der Waals surface area (Å²) in [6.45, 7) is 1.79. The van der Waals surface area contributed by atoms with Gasteiger partial charge in [0.15, 0.2) is 0 Å². The smallest absolute Gasteiger partial charge is 0.269 e. The van der Waals surface area contributed by atoms with Gasteiger partial charge in [0.25, 0.3) is 5.91 Å². The SMILES string of the molecule is CNC(=O)C1(C)Oc2ccccc2-n2cccc21. The van der Waals surface area contributed by atoms with Crippen LogP contribution in [0, 0.1) is 0 Å². The Morgan fingerprint density at radius 1 is 1.28 bits per heavy atom. The van der Waals surface area contributed by atoms with E-state index in [1.54, 1.807) is 14.0 Å². The third kappa shape index (κ3) is 1.29. The molecule has 0 bridgehead atoms. The molecule has 1 N–H and O–H groups in total. The van der Waals surface area contributed by atoms with Crippen LogP contribution in [0.15, 0.2) is 42.6 Å². The molecule has 0 spiro atoms. The molecule has 1 aromatic heterocycles. The first-order valence-electron chi connectivity index (χ1n) is 5.85. The Bertz CT molecular complexity index is 618. The summed E-state index contributed by atoms with van der Waals surface area (Å²) in [6, 6.07) is 11.5. The molecular formula is C14H14N2O2. The molecule has 1 unspecified atom stereocenters. The van der Waals surface area contributed by atoms with Crippen molar-refractivity contribution in [3.05, 3.63) is 48.3 Å². The van der Waals surface area contributed by atoms with Gasteiger partial charge in [0.05, 0.1) is 11.4 Å². The lowest BCUT2D eigenvalue weighted by Gasteiger charge is -2.35. The quantitative estimate of drug-likeness (QED) is 0.829. The molecule has 1 aromatic carbocycles. The van der Waals surface area contributed by atoms with E-state index in [0.717, 1.165) is 11.4 Å². The number of nitrogens with zero attached hydrogens (tertiary/aromatic N) is 1. The predicted octanol–water partition coefficient (Wildman–Crippen LogP) is 1.83. The van der Waals surface area contributed by atoms with E-state index in [9.17, 15) is 4.79 Å². The first kappa shape index (κ1) is 10.9. The maximum Gasteiger partial charge on any atom is 0.269 e. The van der Waals surface area contributed by atoms with E-state index in [1.165, 1.54) is 0 Å². The lowest BCUT2D eigenvalue weighted by atomic mass is 9.98. The van der Waals surface area contributed by atoms with E-state index in [2.05, 4.69) is 5.32 Å². The average Bonchev–Trinajstić information content (AvgIpc) is 2.88. The molecule has 0 aliphatic carbocycles. The molecule has 4 heteroatoms. The molecule has 0 radical (unpaired) electrons. The Labute approximate surface area is 105 Å². The van der Waals surface area contributed by atoms with Crippen LogP contribution in [0.4, 0.5) is 0 Å². The van der Waals surface area contributed by atoms with Gasteiger partial charge in [-0.2, -0.15) is 0 Å². The molecular weight excluding hydrogens is 228 g/mol. The summed E-state index contributed by atoms with van der Waals surface area (Å²) < 4.78 is 7.92. The first-order valence-corrected chi connectivity index (χ1v) is 5.85. The third-order valence-electron chi connectivity index (χ3n) is 3.34. The molecule has 3 rings (SSSR count). The highest BCUT2D eigenvalue weighted by Crippen LogP contribution is 2.39. The molecule has 2 aromatic rings. The summed E-state index contributed by atoms with van der Waals surface area (Å²) in [6.07, 6.45) is 1.94.